The molecule has 1 aliphatic rings. The summed E-state index contributed by atoms with van der Waals surface area (Å²) in [5.74, 6) is -0.276. The molecular formula is C23H31N3O3S. The molecule has 0 aromatic heterocycles. The van der Waals surface area contributed by atoms with Gasteiger partial charge < -0.3 is 10.2 Å². The number of piperidine rings is 1. The van der Waals surface area contributed by atoms with E-state index in [1.165, 1.54) is 6.07 Å². The lowest BCUT2D eigenvalue weighted by molar-refractivity contribution is 0.0941. The average molecular weight is 430 g/mol. The zero-order valence-corrected chi connectivity index (χ0v) is 18.7. The summed E-state index contributed by atoms with van der Waals surface area (Å²) >= 11 is 0. The van der Waals surface area contributed by atoms with Crippen molar-refractivity contribution in [3.63, 3.8) is 0 Å². The highest BCUT2D eigenvalue weighted by Crippen LogP contribution is 2.25. The maximum Gasteiger partial charge on any atom is 0.251 e. The second-order valence-electron chi connectivity index (χ2n) is 8.09. The lowest BCUT2D eigenvalue weighted by atomic mass is 10.1. The second-order valence-corrected chi connectivity index (χ2v) is 9.98. The van der Waals surface area contributed by atoms with Crippen LogP contribution in [0, 0.1) is 0 Å². The molecule has 0 radical (unpaired) electrons. The summed E-state index contributed by atoms with van der Waals surface area (Å²) < 4.78 is 27.8. The Hall–Kier alpha value is -2.22. The van der Waals surface area contributed by atoms with Crippen LogP contribution in [0.15, 0.2) is 59.5 Å². The summed E-state index contributed by atoms with van der Waals surface area (Å²) in [6.07, 6.45) is 2.78. The quantitative estimate of drug-likeness (QED) is 0.733. The van der Waals surface area contributed by atoms with E-state index >= 15 is 0 Å². The number of hydrogen-bond donors (Lipinski definition) is 1. The van der Waals surface area contributed by atoms with E-state index in [2.05, 4.69) is 5.32 Å². The maximum absolute atomic E-state index is 13.1. The summed E-state index contributed by atoms with van der Waals surface area (Å²) in [6.45, 7) is 2.90. The van der Waals surface area contributed by atoms with Gasteiger partial charge in [0.1, 0.15) is 0 Å². The summed E-state index contributed by atoms with van der Waals surface area (Å²) in [5.41, 5.74) is 1.46. The minimum absolute atomic E-state index is 0.0204. The lowest BCUT2D eigenvalue weighted by Gasteiger charge is -2.32. The zero-order valence-electron chi connectivity index (χ0n) is 17.9. The first-order valence-electron chi connectivity index (χ1n) is 10.4. The van der Waals surface area contributed by atoms with E-state index in [0.717, 1.165) is 24.8 Å². The van der Waals surface area contributed by atoms with Crippen molar-refractivity contribution in [3.8, 4) is 0 Å². The Morgan fingerprint density at radius 2 is 1.87 bits per heavy atom. The van der Waals surface area contributed by atoms with Crippen molar-refractivity contribution in [1.82, 2.24) is 14.5 Å². The molecule has 1 aliphatic heterocycles. The number of hydrogen-bond acceptors (Lipinski definition) is 4. The van der Waals surface area contributed by atoms with E-state index < -0.39 is 10.0 Å². The topological polar surface area (TPSA) is 69.7 Å². The molecule has 1 amide bonds. The van der Waals surface area contributed by atoms with Gasteiger partial charge in [-0.25, -0.2) is 8.42 Å². The van der Waals surface area contributed by atoms with Gasteiger partial charge in [-0.05, 0) is 57.6 Å². The Morgan fingerprint density at radius 1 is 1.13 bits per heavy atom. The highest BCUT2D eigenvalue weighted by Gasteiger charge is 2.31. The summed E-state index contributed by atoms with van der Waals surface area (Å²) in [6, 6.07) is 16.3. The number of amides is 1. The van der Waals surface area contributed by atoms with Gasteiger partial charge in [-0.1, -0.05) is 42.8 Å². The third-order valence-electron chi connectivity index (χ3n) is 5.71. The van der Waals surface area contributed by atoms with Gasteiger partial charge in [0.05, 0.1) is 10.9 Å². The van der Waals surface area contributed by atoms with Gasteiger partial charge >= 0.3 is 0 Å². The molecule has 2 aromatic rings. The molecule has 2 atom stereocenters. The number of carbonyl (C=O) groups is 1. The number of nitrogens with one attached hydrogen (secondary N) is 1. The number of likely N-dealkylation sites (N-methyl/N-ethyl adjacent to an activating group) is 1. The van der Waals surface area contributed by atoms with Crippen molar-refractivity contribution >= 4 is 15.9 Å². The van der Waals surface area contributed by atoms with E-state index in [4.69, 9.17) is 0 Å². The minimum Gasteiger partial charge on any atom is -0.350 e. The Bertz CT molecular complexity index is 961. The molecule has 1 N–H and O–H groups in total. The minimum atomic E-state index is -3.61. The number of rotatable bonds is 7. The van der Waals surface area contributed by atoms with E-state index in [1.54, 1.807) is 22.5 Å². The van der Waals surface area contributed by atoms with Crippen LogP contribution in [-0.2, 0) is 10.0 Å². The molecule has 30 heavy (non-hydrogen) atoms. The maximum atomic E-state index is 13.1. The van der Waals surface area contributed by atoms with Crippen LogP contribution >= 0.6 is 0 Å². The molecule has 1 fully saturated rings. The number of sulfonamides is 1. The predicted molar refractivity (Wildman–Crippen MR) is 119 cm³/mol. The van der Waals surface area contributed by atoms with E-state index in [-0.39, 0.29) is 22.9 Å². The highest BCUT2D eigenvalue weighted by atomic mass is 32.2. The van der Waals surface area contributed by atoms with Crippen molar-refractivity contribution in [2.75, 3.05) is 27.2 Å². The van der Waals surface area contributed by atoms with Crippen LogP contribution in [-0.4, -0.2) is 56.8 Å². The summed E-state index contributed by atoms with van der Waals surface area (Å²) in [5, 5.41) is 2.96. The molecule has 0 aliphatic carbocycles. The summed E-state index contributed by atoms with van der Waals surface area (Å²) in [4.78, 5) is 15.0. The van der Waals surface area contributed by atoms with Gasteiger partial charge in [0.15, 0.2) is 0 Å². The Kier molecular flexibility index (Phi) is 7.28. The van der Waals surface area contributed by atoms with Crippen molar-refractivity contribution < 1.29 is 13.2 Å². The Labute approximate surface area is 179 Å². The molecule has 6 nitrogen and oxygen atoms in total. The van der Waals surface area contributed by atoms with Gasteiger partial charge in [-0.3, -0.25) is 4.79 Å². The van der Waals surface area contributed by atoms with Crippen LogP contribution in [0.2, 0.25) is 0 Å². The fourth-order valence-corrected chi connectivity index (χ4v) is 5.67. The van der Waals surface area contributed by atoms with Crippen LogP contribution in [0.25, 0.3) is 0 Å². The second kappa shape index (κ2) is 9.73. The van der Waals surface area contributed by atoms with Gasteiger partial charge in [0.2, 0.25) is 10.0 Å². The largest absolute Gasteiger partial charge is 0.350 e. The third-order valence-corrected chi connectivity index (χ3v) is 7.72. The molecule has 162 valence electrons. The molecule has 2 unspecified atom stereocenters. The Balaban J connectivity index is 1.74. The standard InChI is InChI=1S/C23H31N3O3S/c1-18-10-7-8-15-26(18)30(28,29)21-14-9-13-20(16-21)23(27)24-17-22(25(2)3)19-11-5-4-6-12-19/h4-6,9,11-14,16,18,22H,7-8,10,15,17H2,1-3H3,(H,24,27). The van der Waals surface area contributed by atoms with Gasteiger partial charge in [0, 0.05) is 24.7 Å². The first-order chi connectivity index (χ1) is 14.3. The normalized spacial score (nSPS) is 18.9. The molecule has 2 aromatic carbocycles. The molecule has 1 saturated heterocycles. The van der Waals surface area contributed by atoms with Crippen molar-refractivity contribution in [2.45, 2.75) is 43.2 Å². The third kappa shape index (κ3) is 5.09. The average Bonchev–Trinajstić information content (AvgIpc) is 2.74. The molecule has 7 heteroatoms. The monoisotopic (exact) mass is 429 g/mol. The van der Waals surface area contributed by atoms with Gasteiger partial charge in [0.25, 0.3) is 5.91 Å². The molecule has 0 spiro atoms. The molecule has 0 bridgehead atoms. The van der Waals surface area contributed by atoms with Crippen molar-refractivity contribution in [1.29, 1.82) is 0 Å². The van der Waals surface area contributed by atoms with Gasteiger partial charge in [-0.2, -0.15) is 4.31 Å². The highest BCUT2D eigenvalue weighted by molar-refractivity contribution is 7.89. The van der Waals surface area contributed by atoms with Crippen LogP contribution in [0.5, 0.6) is 0 Å². The zero-order chi connectivity index (χ0) is 21.7. The number of nitrogens with zero attached hydrogens (tertiary/aromatic N) is 2. The first kappa shape index (κ1) is 22.5. The number of carbonyl (C=O) groups excluding carboxylic acids is 1. The molecular weight excluding hydrogens is 398 g/mol. The van der Waals surface area contributed by atoms with Crippen LogP contribution < -0.4 is 5.32 Å². The van der Waals surface area contributed by atoms with Gasteiger partial charge in [-0.15, -0.1) is 0 Å². The van der Waals surface area contributed by atoms with E-state index in [9.17, 15) is 13.2 Å². The van der Waals surface area contributed by atoms with E-state index in [1.807, 2.05) is 56.3 Å². The molecule has 3 rings (SSSR count). The fourth-order valence-electron chi connectivity index (χ4n) is 3.93. The van der Waals surface area contributed by atoms with Crippen LogP contribution in [0.4, 0.5) is 0 Å². The van der Waals surface area contributed by atoms with Crippen LogP contribution in [0.3, 0.4) is 0 Å². The summed E-state index contributed by atoms with van der Waals surface area (Å²) in [7, 11) is 0.328. The SMILES string of the molecule is CC1CCCCN1S(=O)(=O)c1cccc(C(=O)NCC(c2ccccc2)N(C)C)c1. The fraction of sp³-hybridized carbons (Fsp3) is 0.435. The van der Waals surface area contributed by atoms with Crippen LogP contribution in [0.1, 0.15) is 48.1 Å². The number of benzene rings is 2. The van der Waals surface area contributed by atoms with E-state index in [0.29, 0.717) is 18.7 Å². The predicted octanol–water partition coefficient (Wildman–Crippen LogP) is 3.28. The Morgan fingerprint density at radius 3 is 2.53 bits per heavy atom. The first-order valence-corrected chi connectivity index (χ1v) is 11.9. The molecule has 1 heterocycles. The lowest BCUT2D eigenvalue weighted by Crippen LogP contribution is -2.42. The molecule has 0 saturated carbocycles. The van der Waals surface area contributed by atoms with Crippen molar-refractivity contribution in [3.05, 3.63) is 65.7 Å². The van der Waals surface area contributed by atoms with Crippen molar-refractivity contribution in [2.24, 2.45) is 0 Å². The smallest absolute Gasteiger partial charge is 0.251 e.